The van der Waals surface area contributed by atoms with E-state index in [9.17, 15) is 8.42 Å². The second-order valence-electron chi connectivity index (χ2n) is 5.69. The molecule has 0 bridgehead atoms. The second kappa shape index (κ2) is 6.18. The van der Waals surface area contributed by atoms with Crippen molar-refractivity contribution in [2.45, 2.75) is 31.8 Å². The predicted molar refractivity (Wildman–Crippen MR) is 83.7 cm³/mol. The molecule has 1 aliphatic rings. The van der Waals surface area contributed by atoms with Gasteiger partial charge in [0.1, 0.15) is 6.33 Å². The molecule has 1 atom stereocenters. The summed E-state index contributed by atoms with van der Waals surface area (Å²) in [5.74, 6) is 0.731. The van der Waals surface area contributed by atoms with Crippen LogP contribution in [0.4, 0.5) is 0 Å². The molecule has 6 nitrogen and oxygen atoms in total. The predicted octanol–water partition coefficient (Wildman–Crippen LogP) is 1.81. The van der Waals surface area contributed by atoms with Gasteiger partial charge in [0.2, 0.25) is 10.0 Å². The zero-order chi connectivity index (χ0) is 15.6. The molecule has 7 heteroatoms. The molecule has 0 radical (unpaired) electrons. The van der Waals surface area contributed by atoms with E-state index in [-0.39, 0.29) is 6.04 Å². The van der Waals surface area contributed by atoms with Crippen LogP contribution >= 0.6 is 0 Å². The topological polar surface area (TPSA) is 68.1 Å². The summed E-state index contributed by atoms with van der Waals surface area (Å²) in [6.07, 6.45) is 5.65. The molecule has 1 saturated heterocycles. The summed E-state index contributed by atoms with van der Waals surface area (Å²) in [6.45, 7) is 1.21. The van der Waals surface area contributed by atoms with Gasteiger partial charge < -0.3 is 4.57 Å². The molecule has 22 heavy (non-hydrogen) atoms. The Labute approximate surface area is 130 Å². The monoisotopic (exact) mass is 320 g/mol. The quantitative estimate of drug-likeness (QED) is 0.861. The van der Waals surface area contributed by atoms with Crippen molar-refractivity contribution in [1.29, 1.82) is 0 Å². The molecule has 1 aromatic heterocycles. The van der Waals surface area contributed by atoms with Crippen LogP contribution < -0.4 is 0 Å². The summed E-state index contributed by atoms with van der Waals surface area (Å²) < 4.78 is 27.6. The molecule has 3 rings (SSSR count). The number of hydrogen-bond acceptors (Lipinski definition) is 4. The fourth-order valence-electron chi connectivity index (χ4n) is 2.98. The average molecular weight is 320 g/mol. The Morgan fingerprint density at radius 2 is 2.00 bits per heavy atom. The third-order valence-corrected chi connectivity index (χ3v) is 5.31. The molecule has 2 aromatic rings. The van der Waals surface area contributed by atoms with E-state index in [0.717, 1.165) is 30.7 Å². The number of piperidine rings is 1. The van der Waals surface area contributed by atoms with Crippen LogP contribution in [0, 0.1) is 0 Å². The lowest BCUT2D eigenvalue weighted by atomic mass is 10.0. The molecule has 1 unspecified atom stereocenters. The fraction of sp³-hybridized carbons (Fsp3) is 0.467. The van der Waals surface area contributed by atoms with Crippen molar-refractivity contribution in [2.24, 2.45) is 0 Å². The molecular formula is C15H20N4O2S. The summed E-state index contributed by atoms with van der Waals surface area (Å²) in [4.78, 5) is 0. The molecule has 2 heterocycles. The van der Waals surface area contributed by atoms with Gasteiger partial charge in [-0.2, -0.15) is 4.31 Å². The third-order valence-electron chi connectivity index (χ3n) is 4.02. The van der Waals surface area contributed by atoms with Crippen molar-refractivity contribution in [1.82, 2.24) is 19.1 Å². The normalized spacial score (nSPS) is 20.1. The van der Waals surface area contributed by atoms with E-state index in [2.05, 4.69) is 10.2 Å². The smallest absolute Gasteiger partial charge is 0.211 e. The summed E-state index contributed by atoms with van der Waals surface area (Å²) in [5.41, 5.74) is 1.14. The Morgan fingerprint density at radius 3 is 2.73 bits per heavy atom. The highest BCUT2D eigenvalue weighted by Gasteiger charge is 2.33. The van der Waals surface area contributed by atoms with Gasteiger partial charge in [0, 0.05) is 6.54 Å². The second-order valence-corrected chi connectivity index (χ2v) is 7.62. The number of sulfonamides is 1. The number of benzene rings is 1. The first-order chi connectivity index (χ1) is 10.6. The van der Waals surface area contributed by atoms with Crippen LogP contribution in [-0.2, 0) is 16.6 Å². The summed E-state index contributed by atoms with van der Waals surface area (Å²) in [6, 6.07) is 9.82. The van der Waals surface area contributed by atoms with Crippen molar-refractivity contribution in [3.8, 4) is 0 Å². The van der Waals surface area contributed by atoms with Gasteiger partial charge in [0.15, 0.2) is 5.82 Å². The van der Waals surface area contributed by atoms with Gasteiger partial charge in [-0.15, -0.1) is 10.2 Å². The van der Waals surface area contributed by atoms with E-state index < -0.39 is 10.0 Å². The van der Waals surface area contributed by atoms with E-state index in [4.69, 9.17) is 0 Å². The van der Waals surface area contributed by atoms with Gasteiger partial charge in [-0.05, 0) is 18.4 Å². The molecule has 0 spiro atoms. The Hall–Kier alpha value is -1.73. The van der Waals surface area contributed by atoms with Gasteiger partial charge in [-0.1, -0.05) is 36.8 Å². The maximum absolute atomic E-state index is 12.0. The van der Waals surface area contributed by atoms with Gasteiger partial charge in [-0.25, -0.2) is 8.42 Å². The van der Waals surface area contributed by atoms with Crippen LogP contribution in [0.2, 0.25) is 0 Å². The summed E-state index contributed by atoms with van der Waals surface area (Å²) in [7, 11) is -3.24. The van der Waals surface area contributed by atoms with Crippen molar-refractivity contribution in [3.05, 3.63) is 48.0 Å². The first-order valence-corrected chi connectivity index (χ1v) is 9.29. The minimum Gasteiger partial charge on any atom is -0.312 e. The average Bonchev–Trinajstić information content (AvgIpc) is 2.95. The van der Waals surface area contributed by atoms with Crippen LogP contribution in [-0.4, -0.2) is 40.3 Å². The highest BCUT2D eigenvalue weighted by molar-refractivity contribution is 7.88. The largest absolute Gasteiger partial charge is 0.312 e. The van der Waals surface area contributed by atoms with Gasteiger partial charge in [-0.3, -0.25) is 0 Å². The van der Waals surface area contributed by atoms with Crippen molar-refractivity contribution in [3.63, 3.8) is 0 Å². The number of nitrogens with zero attached hydrogens (tertiary/aromatic N) is 4. The van der Waals surface area contributed by atoms with Crippen LogP contribution in [0.3, 0.4) is 0 Å². The molecule has 118 valence electrons. The lowest BCUT2D eigenvalue weighted by molar-refractivity contribution is 0.243. The van der Waals surface area contributed by atoms with E-state index in [0.29, 0.717) is 13.1 Å². The molecule has 0 saturated carbocycles. The highest BCUT2D eigenvalue weighted by atomic mass is 32.2. The molecule has 1 aliphatic heterocycles. The Morgan fingerprint density at radius 1 is 1.23 bits per heavy atom. The van der Waals surface area contributed by atoms with Crippen molar-refractivity contribution in [2.75, 3.05) is 12.8 Å². The van der Waals surface area contributed by atoms with Crippen LogP contribution in [0.5, 0.6) is 0 Å². The van der Waals surface area contributed by atoms with Crippen molar-refractivity contribution < 1.29 is 8.42 Å². The lowest BCUT2D eigenvalue weighted by Crippen LogP contribution is -2.39. The molecule has 0 amide bonds. The molecular weight excluding hydrogens is 300 g/mol. The zero-order valence-electron chi connectivity index (χ0n) is 12.6. The Balaban J connectivity index is 1.90. The Kier molecular flexibility index (Phi) is 4.26. The standard InChI is InChI=1S/C15H20N4O2S/c1-22(20,21)19-10-6-5-9-14(19)15-17-16-12-18(15)11-13-7-3-2-4-8-13/h2-4,7-8,12,14H,5-6,9-11H2,1H3. The van der Waals surface area contributed by atoms with Gasteiger partial charge >= 0.3 is 0 Å². The minimum absolute atomic E-state index is 0.213. The fourth-order valence-corrected chi connectivity index (χ4v) is 4.11. The molecule has 0 aliphatic carbocycles. The number of aromatic nitrogens is 3. The van der Waals surface area contributed by atoms with Crippen LogP contribution in [0.15, 0.2) is 36.7 Å². The van der Waals surface area contributed by atoms with E-state index in [1.165, 1.54) is 6.26 Å². The maximum Gasteiger partial charge on any atom is 0.211 e. The minimum atomic E-state index is -3.24. The van der Waals surface area contributed by atoms with Crippen LogP contribution in [0.1, 0.15) is 36.7 Å². The summed E-state index contributed by atoms with van der Waals surface area (Å²) in [5, 5.41) is 8.21. The van der Waals surface area contributed by atoms with Crippen molar-refractivity contribution >= 4 is 10.0 Å². The van der Waals surface area contributed by atoms with E-state index in [1.807, 2.05) is 34.9 Å². The van der Waals surface area contributed by atoms with Crippen LogP contribution in [0.25, 0.3) is 0 Å². The first-order valence-electron chi connectivity index (χ1n) is 7.44. The van der Waals surface area contributed by atoms with Gasteiger partial charge in [0.25, 0.3) is 0 Å². The van der Waals surface area contributed by atoms with E-state index >= 15 is 0 Å². The number of hydrogen-bond donors (Lipinski definition) is 0. The lowest BCUT2D eigenvalue weighted by Gasteiger charge is -2.33. The molecule has 1 aromatic carbocycles. The molecule has 0 N–H and O–H groups in total. The number of rotatable bonds is 4. The SMILES string of the molecule is CS(=O)(=O)N1CCCCC1c1nncn1Cc1ccccc1. The summed E-state index contributed by atoms with van der Waals surface area (Å²) >= 11 is 0. The highest BCUT2D eigenvalue weighted by Crippen LogP contribution is 2.31. The van der Waals surface area contributed by atoms with E-state index in [1.54, 1.807) is 10.6 Å². The third kappa shape index (κ3) is 3.20. The zero-order valence-corrected chi connectivity index (χ0v) is 13.4. The Bertz CT molecular complexity index is 727. The maximum atomic E-state index is 12.0. The first kappa shape index (κ1) is 15.2. The van der Waals surface area contributed by atoms with Gasteiger partial charge in [0.05, 0.1) is 18.8 Å². The molecule has 1 fully saturated rings.